The minimum Gasteiger partial charge on any atom is -0.465 e. The normalized spacial score (nSPS) is 26.0. The smallest absolute Gasteiger partial charge is 0.315 e. The quantitative estimate of drug-likeness (QED) is 0.658. The van der Waals surface area contributed by atoms with E-state index in [0.29, 0.717) is 18.8 Å². The highest BCUT2D eigenvalue weighted by atomic mass is 32.2. The highest BCUT2D eigenvalue weighted by molar-refractivity contribution is 8.00. The van der Waals surface area contributed by atoms with Crippen LogP contribution in [0.2, 0.25) is 0 Å². The van der Waals surface area contributed by atoms with Gasteiger partial charge in [-0.1, -0.05) is 0 Å². The number of rotatable bonds is 4. The van der Waals surface area contributed by atoms with E-state index in [9.17, 15) is 9.59 Å². The Balaban J connectivity index is 2.24. The van der Waals surface area contributed by atoms with Gasteiger partial charge < -0.3 is 9.47 Å². The highest BCUT2D eigenvalue weighted by Gasteiger charge is 2.32. The molecule has 0 radical (unpaired) electrons. The summed E-state index contributed by atoms with van der Waals surface area (Å²) in [6.07, 6.45) is 0.299. The van der Waals surface area contributed by atoms with E-state index in [2.05, 4.69) is 0 Å². The Hall–Kier alpha value is -0.710. The molecule has 4 nitrogen and oxygen atoms in total. The summed E-state index contributed by atoms with van der Waals surface area (Å²) in [4.78, 5) is 21.9. The minimum absolute atomic E-state index is 0.0897. The summed E-state index contributed by atoms with van der Waals surface area (Å²) in [7, 11) is 0. The van der Waals surface area contributed by atoms with Gasteiger partial charge in [0.25, 0.3) is 0 Å². The van der Waals surface area contributed by atoms with Crippen LogP contribution in [-0.4, -0.2) is 35.7 Å². The Kier molecular flexibility index (Phi) is 4.25. The third-order valence-electron chi connectivity index (χ3n) is 1.93. The van der Waals surface area contributed by atoms with Crippen molar-refractivity contribution in [1.29, 1.82) is 0 Å². The first-order valence-corrected chi connectivity index (χ1v) is 5.65. The molecule has 80 valence electrons. The van der Waals surface area contributed by atoms with Crippen LogP contribution in [0.5, 0.6) is 0 Å². The van der Waals surface area contributed by atoms with Gasteiger partial charge in [0.15, 0.2) is 0 Å². The van der Waals surface area contributed by atoms with Gasteiger partial charge in [-0.3, -0.25) is 9.59 Å². The predicted molar refractivity (Wildman–Crippen MR) is 53.1 cm³/mol. The van der Waals surface area contributed by atoms with E-state index >= 15 is 0 Å². The van der Waals surface area contributed by atoms with Crippen molar-refractivity contribution in [2.45, 2.75) is 31.6 Å². The molecule has 1 fully saturated rings. The summed E-state index contributed by atoms with van der Waals surface area (Å²) in [5, 5.41) is 0.0897. The molecular formula is C9H14O4S. The van der Waals surface area contributed by atoms with Crippen LogP contribution in [-0.2, 0) is 19.1 Å². The Labute approximate surface area is 87.3 Å². The van der Waals surface area contributed by atoms with Crippen molar-refractivity contribution < 1.29 is 19.1 Å². The van der Waals surface area contributed by atoms with Crippen LogP contribution in [0.25, 0.3) is 0 Å². The molecule has 0 saturated carbocycles. The van der Waals surface area contributed by atoms with Gasteiger partial charge in [0, 0.05) is 0 Å². The zero-order valence-corrected chi connectivity index (χ0v) is 9.13. The van der Waals surface area contributed by atoms with Gasteiger partial charge in [0.05, 0.1) is 24.0 Å². The highest BCUT2D eigenvalue weighted by Crippen LogP contribution is 2.26. The average Bonchev–Trinajstić information content (AvgIpc) is 2.42. The largest absolute Gasteiger partial charge is 0.465 e. The zero-order valence-electron chi connectivity index (χ0n) is 8.32. The third kappa shape index (κ3) is 3.21. The Morgan fingerprint density at radius 3 is 2.93 bits per heavy atom. The monoisotopic (exact) mass is 218 g/mol. The fourth-order valence-corrected chi connectivity index (χ4v) is 2.25. The molecule has 0 unspecified atom stereocenters. The lowest BCUT2D eigenvalue weighted by molar-refractivity contribution is -0.141. The summed E-state index contributed by atoms with van der Waals surface area (Å²) in [6, 6.07) is 0. The summed E-state index contributed by atoms with van der Waals surface area (Å²) >= 11 is 1.42. The van der Waals surface area contributed by atoms with Crippen LogP contribution in [0.1, 0.15) is 20.3 Å². The number of carbonyl (C=O) groups is 2. The van der Waals surface area contributed by atoms with Crippen molar-refractivity contribution in [3.05, 3.63) is 0 Å². The molecule has 0 aliphatic carbocycles. The van der Waals surface area contributed by atoms with E-state index in [4.69, 9.17) is 9.47 Å². The molecule has 0 spiro atoms. The SMILES string of the molecule is CCOC(=O)CS[C@H]1CC(=O)O[C@@H]1C. The van der Waals surface area contributed by atoms with Crippen molar-refractivity contribution in [2.75, 3.05) is 12.4 Å². The van der Waals surface area contributed by atoms with Crippen LogP contribution in [0.15, 0.2) is 0 Å². The van der Waals surface area contributed by atoms with Crippen LogP contribution in [0.3, 0.4) is 0 Å². The number of cyclic esters (lactones) is 1. The maximum atomic E-state index is 11.0. The Morgan fingerprint density at radius 1 is 1.71 bits per heavy atom. The van der Waals surface area contributed by atoms with E-state index in [1.54, 1.807) is 6.92 Å². The molecule has 1 heterocycles. The van der Waals surface area contributed by atoms with Crippen LogP contribution in [0, 0.1) is 0 Å². The van der Waals surface area contributed by atoms with Crippen molar-refractivity contribution in [3.63, 3.8) is 0 Å². The lowest BCUT2D eigenvalue weighted by atomic mass is 10.2. The predicted octanol–water partition coefficient (Wildman–Crippen LogP) is 0.987. The Bertz CT molecular complexity index is 229. The van der Waals surface area contributed by atoms with Crippen LogP contribution >= 0.6 is 11.8 Å². The molecule has 0 N–H and O–H groups in total. The summed E-state index contributed by atoms with van der Waals surface area (Å²) < 4.78 is 9.73. The summed E-state index contributed by atoms with van der Waals surface area (Å²) in [6.45, 7) is 4.01. The molecule has 1 saturated heterocycles. The molecule has 0 aromatic heterocycles. The van der Waals surface area contributed by atoms with Gasteiger partial charge in [-0.25, -0.2) is 0 Å². The topological polar surface area (TPSA) is 52.6 Å². The van der Waals surface area contributed by atoms with Crippen LogP contribution in [0.4, 0.5) is 0 Å². The molecule has 0 bridgehead atoms. The standard InChI is InChI=1S/C9H14O4S/c1-3-12-9(11)5-14-7-4-8(10)13-6(7)2/h6-7H,3-5H2,1-2H3/t6-,7+/m1/s1. The molecule has 1 aliphatic rings. The number of hydrogen-bond acceptors (Lipinski definition) is 5. The summed E-state index contributed by atoms with van der Waals surface area (Å²) in [5.74, 6) is -0.123. The fraction of sp³-hybridized carbons (Fsp3) is 0.778. The second-order valence-electron chi connectivity index (χ2n) is 3.05. The molecule has 0 aromatic rings. The van der Waals surface area contributed by atoms with Gasteiger partial charge in [-0.05, 0) is 13.8 Å². The molecule has 5 heteroatoms. The number of hydrogen-bond donors (Lipinski definition) is 0. The second kappa shape index (κ2) is 5.24. The molecule has 0 amide bonds. The van der Waals surface area contributed by atoms with Gasteiger partial charge >= 0.3 is 11.9 Å². The maximum Gasteiger partial charge on any atom is 0.315 e. The van der Waals surface area contributed by atoms with Crippen molar-refractivity contribution >= 4 is 23.7 Å². The van der Waals surface area contributed by atoms with Crippen molar-refractivity contribution in [3.8, 4) is 0 Å². The molecule has 14 heavy (non-hydrogen) atoms. The van der Waals surface area contributed by atoms with Gasteiger partial charge in [0.1, 0.15) is 6.10 Å². The summed E-state index contributed by atoms with van der Waals surface area (Å²) in [5.41, 5.74) is 0. The first-order valence-electron chi connectivity index (χ1n) is 4.60. The molecule has 1 rings (SSSR count). The van der Waals surface area contributed by atoms with E-state index in [1.165, 1.54) is 11.8 Å². The van der Waals surface area contributed by atoms with Crippen LogP contribution < -0.4 is 0 Å². The number of esters is 2. The number of thioether (sulfide) groups is 1. The van der Waals surface area contributed by atoms with E-state index in [-0.39, 0.29) is 23.3 Å². The van der Waals surface area contributed by atoms with Gasteiger partial charge in [-0.2, -0.15) is 0 Å². The lowest BCUT2D eigenvalue weighted by Gasteiger charge is -2.11. The van der Waals surface area contributed by atoms with Crippen molar-refractivity contribution in [1.82, 2.24) is 0 Å². The zero-order chi connectivity index (χ0) is 10.6. The van der Waals surface area contributed by atoms with E-state index in [0.717, 1.165) is 0 Å². The fourth-order valence-electron chi connectivity index (χ4n) is 1.23. The minimum atomic E-state index is -0.232. The van der Waals surface area contributed by atoms with E-state index < -0.39 is 0 Å². The second-order valence-corrected chi connectivity index (χ2v) is 4.28. The van der Waals surface area contributed by atoms with E-state index in [1.807, 2.05) is 6.92 Å². The molecule has 1 aliphatic heterocycles. The first-order chi connectivity index (χ1) is 6.63. The first kappa shape index (κ1) is 11.4. The Morgan fingerprint density at radius 2 is 2.43 bits per heavy atom. The van der Waals surface area contributed by atoms with Gasteiger partial charge in [-0.15, -0.1) is 11.8 Å². The van der Waals surface area contributed by atoms with Gasteiger partial charge in [0.2, 0.25) is 0 Å². The average molecular weight is 218 g/mol. The molecule has 2 atom stereocenters. The number of carbonyl (C=O) groups excluding carboxylic acids is 2. The third-order valence-corrected chi connectivity index (χ3v) is 3.31. The maximum absolute atomic E-state index is 11.0. The van der Waals surface area contributed by atoms with Crippen molar-refractivity contribution in [2.24, 2.45) is 0 Å². The molecule has 0 aromatic carbocycles. The molecular weight excluding hydrogens is 204 g/mol. The number of ether oxygens (including phenoxy) is 2. The lowest BCUT2D eigenvalue weighted by Crippen LogP contribution is -2.17.